The smallest absolute Gasteiger partial charge is 0.388 e. The van der Waals surface area contributed by atoms with E-state index in [2.05, 4.69) is 0 Å². The normalized spacial score (nSPS) is 12.4. The second-order valence-corrected chi connectivity index (χ2v) is 10.5. The largest absolute Gasteiger partial charge is 0.392 e. The Bertz CT molecular complexity index is 638. The van der Waals surface area contributed by atoms with Gasteiger partial charge in [0.05, 0.1) is 13.2 Å². The number of benzene rings is 2. The molecular formula is C18H21F3O2Si. The van der Waals surface area contributed by atoms with E-state index in [1.54, 1.807) is 36.4 Å². The highest BCUT2D eigenvalue weighted by Gasteiger charge is 2.37. The van der Waals surface area contributed by atoms with E-state index < -0.39 is 20.7 Å². The predicted octanol–water partition coefficient (Wildman–Crippen LogP) is 2.82. The second-order valence-electron chi connectivity index (χ2n) is 6.16. The first-order valence-electron chi connectivity index (χ1n) is 7.76. The molecule has 130 valence electrons. The van der Waals surface area contributed by atoms with E-state index in [9.17, 15) is 23.4 Å². The van der Waals surface area contributed by atoms with Crippen molar-refractivity contribution in [2.45, 2.75) is 38.4 Å². The van der Waals surface area contributed by atoms with Crippen LogP contribution in [0, 0.1) is 0 Å². The van der Waals surface area contributed by atoms with Crippen LogP contribution in [0.1, 0.15) is 17.5 Å². The van der Waals surface area contributed by atoms with Crippen molar-refractivity contribution in [3.63, 3.8) is 0 Å². The summed E-state index contributed by atoms with van der Waals surface area (Å²) in [4.78, 5) is 0. The molecule has 0 bridgehead atoms. The van der Waals surface area contributed by atoms with E-state index in [0.717, 1.165) is 10.4 Å². The van der Waals surface area contributed by atoms with Crippen molar-refractivity contribution in [1.29, 1.82) is 0 Å². The maximum atomic E-state index is 12.9. The molecule has 0 radical (unpaired) electrons. The van der Waals surface area contributed by atoms with Gasteiger partial charge in [-0.25, -0.2) is 0 Å². The maximum absolute atomic E-state index is 12.9. The fraction of sp³-hybridized carbons (Fsp3) is 0.333. The lowest BCUT2D eigenvalue weighted by molar-refractivity contribution is -0.130. The average Bonchev–Trinajstić information content (AvgIpc) is 2.59. The summed E-state index contributed by atoms with van der Waals surface area (Å²) >= 11 is 0. The molecule has 0 atom stereocenters. The molecule has 0 heterocycles. The molecule has 0 amide bonds. The summed E-state index contributed by atoms with van der Waals surface area (Å²) < 4.78 is 38.6. The van der Waals surface area contributed by atoms with Gasteiger partial charge in [0.15, 0.2) is 0 Å². The van der Waals surface area contributed by atoms with Gasteiger partial charge in [0.25, 0.3) is 0 Å². The molecule has 2 rings (SSSR count). The van der Waals surface area contributed by atoms with Crippen molar-refractivity contribution in [1.82, 2.24) is 0 Å². The topological polar surface area (TPSA) is 40.5 Å². The molecule has 2 N–H and O–H groups in total. The molecular weight excluding hydrogens is 333 g/mol. The van der Waals surface area contributed by atoms with Gasteiger partial charge in [0.2, 0.25) is 0 Å². The van der Waals surface area contributed by atoms with Crippen LogP contribution in [-0.2, 0) is 13.2 Å². The zero-order chi connectivity index (χ0) is 17.8. The minimum Gasteiger partial charge on any atom is -0.392 e. The lowest BCUT2D eigenvalue weighted by Gasteiger charge is -2.30. The third-order valence-electron chi connectivity index (χ3n) is 4.40. The molecule has 24 heavy (non-hydrogen) atoms. The summed E-state index contributed by atoms with van der Waals surface area (Å²) in [7, 11) is -2.65. The minimum absolute atomic E-state index is 0.0280. The van der Waals surface area contributed by atoms with Gasteiger partial charge in [-0.05, 0) is 17.2 Å². The maximum Gasteiger partial charge on any atom is 0.388 e. The van der Waals surface area contributed by atoms with Crippen LogP contribution in [0.2, 0.25) is 12.6 Å². The monoisotopic (exact) mass is 354 g/mol. The first-order valence-corrected chi connectivity index (χ1v) is 10.5. The van der Waals surface area contributed by atoms with E-state index in [0.29, 0.717) is 11.1 Å². The Morgan fingerprint density at radius 3 is 1.71 bits per heavy atom. The summed E-state index contributed by atoms with van der Waals surface area (Å²) in [5.74, 6) is 0. The predicted molar refractivity (Wildman–Crippen MR) is 91.1 cm³/mol. The van der Waals surface area contributed by atoms with Crippen LogP contribution in [-0.4, -0.2) is 24.5 Å². The van der Waals surface area contributed by atoms with Gasteiger partial charge in [-0.3, -0.25) is 0 Å². The van der Waals surface area contributed by atoms with Gasteiger partial charge < -0.3 is 10.2 Å². The van der Waals surface area contributed by atoms with Gasteiger partial charge in [-0.15, -0.1) is 0 Å². The Hall–Kier alpha value is -1.63. The number of rotatable bonds is 6. The molecule has 0 spiro atoms. The van der Waals surface area contributed by atoms with E-state index in [1.807, 2.05) is 18.7 Å². The molecule has 0 saturated heterocycles. The summed E-state index contributed by atoms with van der Waals surface area (Å²) in [6.07, 6.45) is -5.06. The Morgan fingerprint density at radius 1 is 0.875 bits per heavy atom. The molecule has 2 nitrogen and oxygen atoms in total. The van der Waals surface area contributed by atoms with Gasteiger partial charge >= 0.3 is 6.18 Å². The first kappa shape index (κ1) is 18.7. The minimum atomic E-state index is -4.21. The van der Waals surface area contributed by atoms with Crippen molar-refractivity contribution in [3.8, 4) is 0 Å². The van der Waals surface area contributed by atoms with E-state index >= 15 is 0 Å². The van der Waals surface area contributed by atoms with Gasteiger partial charge in [-0.2, -0.15) is 13.2 Å². The summed E-state index contributed by atoms with van der Waals surface area (Å²) in [5.41, 5.74) is 1.38. The standard InChI is InChI=1S/C18H21F3O2Si/c1-24(9-8-18(19,20)21,16-6-2-4-14(10-16)12-22)17-7-3-5-15(11-17)13-23/h2-7,10-11,22-23H,8-9,12-13H2,1H3. The highest BCUT2D eigenvalue weighted by molar-refractivity contribution is 7.01. The van der Waals surface area contributed by atoms with Crippen LogP contribution in [0.5, 0.6) is 0 Å². The van der Waals surface area contributed by atoms with Gasteiger partial charge in [0, 0.05) is 6.42 Å². The number of aliphatic hydroxyl groups excluding tert-OH is 2. The lowest BCUT2D eigenvalue weighted by Crippen LogP contribution is -2.56. The first-order chi connectivity index (χ1) is 11.3. The van der Waals surface area contributed by atoms with Crippen LogP contribution in [0.15, 0.2) is 48.5 Å². The van der Waals surface area contributed by atoms with Crippen molar-refractivity contribution < 1.29 is 23.4 Å². The molecule has 0 fully saturated rings. The Labute approximate surface area is 140 Å². The molecule has 0 aliphatic heterocycles. The summed E-state index contributed by atoms with van der Waals surface area (Å²) in [6.45, 7) is 1.62. The number of aliphatic hydroxyl groups is 2. The Morgan fingerprint density at radius 2 is 1.33 bits per heavy atom. The quantitative estimate of drug-likeness (QED) is 0.783. The molecule has 6 heteroatoms. The Balaban J connectivity index is 2.50. The van der Waals surface area contributed by atoms with Crippen molar-refractivity contribution in [2.75, 3.05) is 0 Å². The van der Waals surface area contributed by atoms with E-state index in [1.165, 1.54) is 0 Å². The van der Waals surface area contributed by atoms with Crippen molar-refractivity contribution in [3.05, 3.63) is 59.7 Å². The van der Waals surface area contributed by atoms with E-state index in [-0.39, 0.29) is 19.3 Å². The fourth-order valence-electron chi connectivity index (χ4n) is 2.87. The second kappa shape index (κ2) is 7.50. The SMILES string of the molecule is C[Si](CCC(F)(F)F)(c1cccc(CO)c1)c1cccc(CO)c1. The number of hydrogen-bond donors (Lipinski definition) is 2. The van der Waals surface area contributed by atoms with Crippen LogP contribution >= 0.6 is 0 Å². The molecule has 0 saturated carbocycles. The average molecular weight is 354 g/mol. The van der Waals surface area contributed by atoms with E-state index in [4.69, 9.17) is 0 Å². The summed E-state index contributed by atoms with van der Waals surface area (Å²) in [5, 5.41) is 20.4. The Kier molecular flexibility index (Phi) is 5.85. The van der Waals surface area contributed by atoms with Gasteiger partial charge in [-0.1, -0.05) is 65.5 Å². The zero-order valence-electron chi connectivity index (χ0n) is 13.5. The number of alkyl halides is 3. The molecule has 0 unspecified atom stereocenters. The van der Waals surface area contributed by atoms with Gasteiger partial charge in [0.1, 0.15) is 8.07 Å². The highest BCUT2D eigenvalue weighted by Crippen LogP contribution is 2.26. The van der Waals surface area contributed by atoms with Crippen LogP contribution in [0.3, 0.4) is 0 Å². The molecule has 0 aliphatic carbocycles. The van der Waals surface area contributed by atoms with Crippen LogP contribution in [0.25, 0.3) is 0 Å². The third kappa shape index (κ3) is 4.46. The van der Waals surface area contributed by atoms with Crippen LogP contribution < -0.4 is 10.4 Å². The fourth-order valence-corrected chi connectivity index (χ4v) is 6.50. The molecule has 0 aromatic heterocycles. The summed E-state index contributed by atoms with van der Waals surface area (Å²) in [6, 6.07) is 14.4. The molecule has 0 aliphatic rings. The molecule has 2 aromatic rings. The van der Waals surface area contributed by atoms with Crippen molar-refractivity contribution >= 4 is 18.4 Å². The highest BCUT2D eigenvalue weighted by atomic mass is 28.3. The van der Waals surface area contributed by atoms with Crippen molar-refractivity contribution in [2.24, 2.45) is 0 Å². The number of halogens is 3. The zero-order valence-corrected chi connectivity index (χ0v) is 14.5. The lowest BCUT2D eigenvalue weighted by atomic mass is 10.2. The molecule has 2 aromatic carbocycles. The van der Waals surface area contributed by atoms with Crippen LogP contribution in [0.4, 0.5) is 13.2 Å². The third-order valence-corrected chi connectivity index (χ3v) is 8.82. The number of hydrogen-bond acceptors (Lipinski definition) is 2.